The number of carbonyl (C=O) groups excluding carboxylic acids is 1. The van der Waals surface area contributed by atoms with Gasteiger partial charge in [-0.3, -0.25) is 9.00 Å². The molecule has 2 rings (SSSR count). The van der Waals surface area contributed by atoms with E-state index in [0.29, 0.717) is 17.0 Å². The molecule has 6 heteroatoms. The zero-order valence-corrected chi connectivity index (χ0v) is 13.4. The highest BCUT2D eigenvalue weighted by Gasteiger charge is 2.08. The molecule has 5 nitrogen and oxygen atoms in total. The van der Waals surface area contributed by atoms with E-state index in [1.54, 1.807) is 36.6 Å². The molecule has 0 aromatic heterocycles. The van der Waals surface area contributed by atoms with Gasteiger partial charge in [0.15, 0.2) is 0 Å². The Labute approximate surface area is 136 Å². The number of anilines is 1. The molecule has 0 heterocycles. The van der Waals surface area contributed by atoms with E-state index in [4.69, 9.17) is 5.11 Å². The van der Waals surface area contributed by atoms with Gasteiger partial charge in [0.25, 0.3) is 0 Å². The highest BCUT2D eigenvalue weighted by Crippen LogP contribution is 2.13. The Balaban J connectivity index is 2.03. The van der Waals surface area contributed by atoms with Crippen molar-refractivity contribution in [2.24, 2.45) is 0 Å². The summed E-state index contributed by atoms with van der Waals surface area (Å²) in [5.74, 6) is -0.820. The number of carboxylic acid groups (broad SMARTS) is 1. The van der Waals surface area contributed by atoms with E-state index in [1.165, 1.54) is 12.1 Å². The quantitative estimate of drug-likeness (QED) is 0.851. The monoisotopic (exact) mass is 331 g/mol. The van der Waals surface area contributed by atoms with Crippen molar-refractivity contribution in [1.29, 1.82) is 0 Å². The molecular weight excluding hydrogens is 314 g/mol. The first-order chi connectivity index (χ1) is 10.9. The van der Waals surface area contributed by atoms with Crippen molar-refractivity contribution in [2.75, 3.05) is 11.6 Å². The summed E-state index contributed by atoms with van der Waals surface area (Å²) in [4.78, 5) is 23.0. The van der Waals surface area contributed by atoms with Crippen LogP contribution in [0.25, 0.3) is 0 Å². The topological polar surface area (TPSA) is 83.5 Å². The molecule has 120 valence electrons. The summed E-state index contributed by atoms with van der Waals surface area (Å²) in [5.41, 5.74) is 2.31. The molecule has 0 aliphatic rings. The zero-order chi connectivity index (χ0) is 16.8. The third kappa shape index (κ3) is 5.34. The molecule has 0 fully saturated rings. The second-order valence-electron chi connectivity index (χ2n) is 5.15. The van der Waals surface area contributed by atoms with Crippen LogP contribution >= 0.6 is 0 Å². The van der Waals surface area contributed by atoms with Gasteiger partial charge in [0.2, 0.25) is 5.91 Å². The number of benzene rings is 2. The molecule has 0 radical (unpaired) electrons. The fraction of sp³-hybridized carbons (Fsp3) is 0.176. The van der Waals surface area contributed by atoms with Crippen molar-refractivity contribution in [3.63, 3.8) is 0 Å². The van der Waals surface area contributed by atoms with E-state index in [9.17, 15) is 13.8 Å². The average molecular weight is 331 g/mol. The molecule has 2 aromatic carbocycles. The van der Waals surface area contributed by atoms with Crippen molar-refractivity contribution in [3.05, 3.63) is 65.2 Å². The van der Waals surface area contributed by atoms with E-state index in [0.717, 1.165) is 5.56 Å². The molecule has 1 unspecified atom stereocenters. The summed E-state index contributed by atoms with van der Waals surface area (Å²) in [6.45, 7) is 0. The lowest BCUT2D eigenvalue weighted by Crippen LogP contribution is -2.15. The molecular formula is C17H17NO4S. The molecule has 0 bridgehead atoms. The Morgan fingerprint density at radius 3 is 2.48 bits per heavy atom. The van der Waals surface area contributed by atoms with Crippen molar-refractivity contribution in [3.8, 4) is 0 Å². The molecule has 0 saturated heterocycles. The van der Waals surface area contributed by atoms with Crippen LogP contribution in [0.15, 0.2) is 48.5 Å². The first-order valence-corrected chi connectivity index (χ1v) is 8.68. The van der Waals surface area contributed by atoms with Crippen molar-refractivity contribution >= 4 is 28.4 Å². The Hall–Kier alpha value is -2.47. The molecule has 23 heavy (non-hydrogen) atoms. The Morgan fingerprint density at radius 1 is 1.09 bits per heavy atom. The van der Waals surface area contributed by atoms with Crippen LogP contribution in [0.3, 0.4) is 0 Å². The van der Waals surface area contributed by atoms with E-state index < -0.39 is 16.8 Å². The van der Waals surface area contributed by atoms with Gasteiger partial charge in [0.1, 0.15) is 0 Å². The van der Waals surface area contributed by atoms with Crippen LogP contribution < -0.4 is 5.32 Å². The number of nitrogens with one attached hydrogen (secondary N) is 1. The summed E-state index contributed by atoms with van der Waals surface area (Å²) in [6.07, 6.45) is 1.71. The Bertz CT molecular complexity index is 758. The van der Waals surface area contributed by atoms with Gasteiger partial charge >= 0.3 is 5.97 Å². The molecule has 1 atom stereocenters. The maximum atomic E-state index is 12.1. The lowest BCUT2D eigenvalue weighted by molar-refractivity contribution is -0.115. The van der Waals surface area contributed by atoms with E-state index in [-0.39, 0.29) is 17.9 Å². The van der Waals surface area contributed by atoms with Crippen LogP contribution in [-0.4, -0.2) is 27.4 Å². The highest BCUT2D eigenvalue weighted by atomic mass is 32.2. The van der Waals surface area contributed by atoms with E-state index >= 15 is 0 Å². The zero-order valence-electron chi connectivity index (χ0n) is 12.6. The standard InChI is InChI=1S/C17H17NO4S/c1-23(22)11-13-5-3-7-15(9-13)18-16(19)10-12-4-2-6-14(8-12)17(20)21/h2-9H,10-11H2,1H3,(H,18,19)(H,20,21). The summed E-state index contributed by atoms with van der Waals surface area (Å²) < 4.78 is 11.3. The van der Waals surface area contributed by atoms with Gasteiger partial charge in [-0.1, -0.05) is 24.3 Å². The molecule has 0 spiro atoms. The summed E-state index contributed by atoms with van der Waals surface area (Å²) in [6, 6.07) is 13.5. The molecule has 0 saturated carbocycles. The number of hydrogen-bond donors (Lipinski definition) is 2. The minimum absolute atomic E-state index is 0.0883. The van der Waals surface area contributed by atoms with Crippen LogP contribution in [0.2, 0.25) is 0 Å². The average Bonchev–Trinajstić information content (AvgIpc) is 2.47. The van der Waals surface area contributed by atoms with Gasteiger partial charge in [-0.2, -0.15) is 0 Å². The lowest BCUT2D eigenvalue weighted by Gasteiger charge is -2.07. The maximum Gasteiger partial charge on any atom is 0.335 e. The SMILES string of the molecule is CS(=O)Cc1cccc(NC(=O)Cc2cccc(C(=O)O)c2)c1. The van der Waals surface area contributed by atoms with Crippen molar-refractivity contribution in [2.45, 2.75) is 12.2 Å². The van der Waals surface area contributed by atoms with E-state index in [2.05, 4.69) is 5.32 Å². The largest absolute Gasteiger partial charge is 0.478 e. The lowest BCUT2D eigenvalue weighted by atomic mass is 10.1. The smallest absolute Gasteiger partial charge is 0.335 e. The fourth-order valence-electron chi connectivity index (χ4n) is 2.18. The van der Waals surface area contributed by atoms with Gasteiger partial charge < -0.3 is 10.4 Å². The summed E-state index contributed by atoms with van der Waals surface area (Å²) in [7, 11) is -0.944. The maximum absolute atomic E-state index is 12.1. The highest BCUT2D eigenvalue weighted by molar-refractivity contribution is 7.83. The minimum atomic E-state index is -1.02. The number of hydrogen-bond acceptors (Lipinski definition) is 3. The first-order valence-electron chi connectivity index (χ1n) is 6.95. The van der Waals surface area contributed by atoms with Crippen LogP contribution in [0, 0.1) is 0 Å². The van der Waals surface area contributed by atoms with Crippen LogP contribution in [0.4, 0.5) is 5.69 Å². The van der Waals surface area contributed by atoms with Crippen LogP contribution in [0.1, 0.15) is 21.5 Å². The van der Waals surface area contributed by atoms with Gasteiger partial charge in [-0.05, 0) is 35.4 Å². The second-order valence-corrected chi connectivity index (χ2v) is 6.58. The fourth-order valence-corrected chi connectivity index (χ4v) is 2.83. The second kappa shape index (κ2) is 7.69. The minimum Gasteiger partial charge on any atom is -0.478 e. The predicted molar refractivity (Wildman–Crippen MR) is 89.9 cm³/mol. The third-order valence-electron chi connectivity index (χ3n) is 3.12. The van der Waals surface area contributed by atoms with Gasteiger partial charge in [-0.15, -0.1) is 0 Å². The third-order valence-corrected chi connectivity index (χ3v) is 3.86. The van der Waals surface area contributed by atoms with Crippen LogP contribution in [0.5, 0.6) is 0 Å². The number of carboxylic acids is 1. The number of amides is 1. The number of carbonyl (C=O) groups is 2. The number of aromatic carboxylic acids is 1. The Morgan fingerprint density at radius 2 is 1.78 bits per heavy atom. The van der Waals surface area contributed by atoms with Crippen LogP contribution in [-0.2, 0) is 27.8 Å². The van der Waals surface area contributed by atoms with Gasteiger partial charge in [0.05, 0.1) is 12.0 Å². The van der Waals surface area contributed by atoms with Gasteiger partial charge in [-0.25, -0.2) is 4.79 Å². The van der Waals surface area contributed by atoms with Crippen molar-refractivity contribution < 1.29 is 18.9 Å². The Kier molecular flexibility index (Phi) is 5.65. The molecule has 2 N–H and O–H groups in total. The molecule has 2 aromatic rings. The molecule has 1 amide bonds. The predicted octanol–water partition coefficient (Wildman–Crippen LogP) is 2.44. The normalized spacial score (nSPS) is 11.7. The van der Waals surface area contributed by atoms with Gasteiger partial charge in [0, 0.05) is 28.5 Å². The van der Waals surface area contributed by atoms with Crippen molar-refractivity contribution in [1.82, 2.24) is 0 Å². The first kappa shape index (κ1) is 16.9. The summed E-state index contributed by atoms with van der Waals surface area (Å²) in [5, 5.41) is 11.7. The summed E-state index contributed by atoms with van der Waals surface area (Å²) >= 11 is 0. The number of rotatable bonds is 6. The molecule has 0 aliphatic heterocycles. The van der Waals surface area contributed by atoms with E-state index in [1.807, 2.05) is 6.07 Å². The molecule has 0 aliphatic carbocycles.